The molecule has 1 aromatic rings. The summed E-state index contributed by atoms with van der Waals surface area (Å²) < 4.78 is 0. The molecule has 1 heterocycles. The van der Waals surface area contributed by atoms with Gasteiger partial charge in [0.2, 0.25) is 5.78 Å². The smallest absolute Gasteiger partial charge is 0.220 e. The molecule has 4 nitrogen and oxygen atoms in total. The Hall–Kier alpha value is -1.65. The molecule has 1 N–H and O–H groups in total. The van der Waals surface area contributed by atoms with Crippen LogP contribution in [0.2, 0.25) is 5.02 Å². The van der Waals surface area contributed by atoms with E-state index in [2.05, 4.69) is 0 Å². The minimum absolute atomic E-state index is 0.0731. The van der Waals surface area contributed by atoms with Crippen molar-refractivity contribution in [3.8, 4) is 0 Å². The molecule has 0 aliphatic carbocycles. The number of rotatable bonds is 3. The van der Waals surface area contributed by atoms with Crippen LogP contribution in [-0.4, -0.2) is 27.3 Å². The second-order valence-electron chi connectivity index (χ2n) is 5.08. The molecule has 2 rings (SSSR count). The van der Waals surface area contributed by atoms with E-state index in [0.29, 0.717) is 17.3 Å². The second kappa shape index (κ2) is 5.04. The minimum atomic E-state index is -1.69. The maximum atomic E-state index is 12.1. The van der Waals surface area contributed by atoms with Gasteiger partial charge in [0, 0.05) is 17.3 Å². The number of aliphatic hydroxyl groups is 1. The van der Waals surface area contributed by atoms with Crippen LogP contribution in [0.1, 0.15) is 26.3 Å². The molecule has 1 aliphatic rings. The van der Waals surface area contributed by atoms with E-state index in [0.717, 1.165) is 5.56 Å². The third kappa shape index (κ3) is 2.37. The molecule has 20 heavy (non-hydrogen) atoms. The Bertz CT molecular complexity index is 602. The van der Waals surface area contributed by atoms with Crippen molar-refractivity contribution in [3.05, 3.63) is 46.1 Å². The lowest BCUT2D eigenvalue weighted by atomic mass is 10.0. The van der Waals surface area contributed by atoms with Gasteiger partial charge in [0.25, 0.3) is 0 Å². The molecule has 0 aromatic heterocycles. The van der Waals surface area contributed by atoms with Gasteiger partial charge in [-0.05, 0) is 38.5 Å². The van der Waals surface area contributed by atoms with E-state index in [-0.39, 0.29) is 11.4 Å². The topological polar surface area (TPSA) is 57.6 Å². The van der Waals surface area contributed by atoms with Crippen molar-refractivity contribution >= 4 is 23.2 Å². The number of Topliss-reactive ketones (excluding diaryl/α,β-unsaturated/α-hetero) is 2. The van der Waals surface area contributed by atoms with E-state index in [1.807, 2.05) is 12.1 Å². The number of allylic oxidation sites excluding steroid dienone is 1. The Morgan fingerprint density at radius 3 is 2.35 bits per heavy atom. The summed E-state index contributed by atoms with van der Waals surface area (Å²) in [6.45, 7) is 4.74. The Kier molecular flexibility index (Phi) is 3.71. The van der Waals surface area contributed by atoms with Crippen molar-refractivity contribution in [1.82, 2.24) is 4.90 Å². The maximum Gasteiger partial charge on any atom is 0.220 e. The molecule has 0 radical (unpaired) electrons. The van der Waals surface area contributed by atoms with Crippen molar-refractivity contribution < 1.29 is 14.7 Å². The molecule has 0 fully saturated rings. The predicted molar refractivity (Wildman–Crippen MR) is 76.0 cm³/mol. The molecule has 0 spiro atoms. The van der Waals surface area contributed by atoms with E-state index in [1.54, 1.807) is 19.1 Å². The number of nitrogens with zero attached hydrogens (tertiary/aromatic N) is 1. The Balaban J connectivity index is 2.37. The standard InChI is InChI=1S/C15H16ClNO3/c1-9-13(10(2)18)14(19)15(3,20)17(9)8-11-4-6-12(16)7-5-11/h4-7,20H,8H2,1-3H3/t15-/m1/s1. The number of hydrogen-bond acceptors (Lipinski definition) is 4. The van der Waals surface area contributed by atoms with E-state index in [4.69, 9.17) is 11.6 Å². The fraction of sp³-hybridized carbons (Fsp3) is 0.333. The first-order chi connectivity index (χ1) is 9.25. The summed E-state index contributed by atoms with van der Waals surface area (Å²) in [4.78, 5) is 25.2. The Labute approximate surface area is 122 Å². The average Bonchev–Trinajstić information content (AvgIpc) is 2.52. The zero-order valence-corrected chi connectivity index (χ0v) is 12.4. The zero-order valence-electron chi connectivity index (χ0n) is 11.6. The molecule has 5 heteroatoms. The highest BCUT2D eigenvalue weighted by atomic mass is 35.5. The predicted octanol–water partition coefficient (Wildman–Crippen LogP) is 2.30. The van der Waals surface area contributed by atoms with Gasteiger partial charge in [-0.1, -0.05) is 23.7 Å². The average molecular weight is 294 g/mol. The quantitative estimate of drug-likeness (QED) is 0.869. The fourth-order valence-electron chi connectivity index (χ4n) is 2.44. The van der Waals surface area contributed by atoms with Crippen LogP contribution in [0.5, 0.6) is 0 Å². The van der Waals surface area contributed by atoms with Crippen molar-refractivity contribution in [2.45, 2.75) is 33.0 Å². The molecule has 1 aliphatic heterocycles. The molecule has 0 saturated heterocycles. The van der Waals surface area contributed by atoms with Gasteiger partial charge in [0.15, 0.2) is 11.5 Å². The van der Waals surface area contributed by atoms with Gasteiger partial charge in [-0.25, -0.2) is 0 Å². The highest BCUT2D eigenvalue weighted by Crippen LogP contribution is 2.34. The fourth-order valence-corrected chi connectivity index (χ4v) is 2.57. The maximum absolute atomic E-state index is 12.1. The van der Waals surface area contributed by atoms with Crippen LogP contribution in [0.15, 0.2) is 35.5 Å². The van der Waals surface area contributed by atoms with Crippen LogP contribution in [0.25, 0.3) is 0 Å². The number of benzene rings is 1. The first-order valence-electron chi connectivity index (χ1n) is 6.26. The first-order valence-corrected chi connectivity index (χ1v) is 6.64. The third-order valence-electron chi connectivity index (χ3n) is 3.56. The van der Waals surface area contributed by atoms with Crippen molar-refractivity contribution in [2.24, 2.45) is 0 Å². The van der Waals surface area contributed by atoms with E-state index >= 15 is 0 Å². The lowest BCUT2D eigenvalue weighted by Gasteiger charge is -2.32. The van der Waals surface area contributed by atoms with Crippen LogP contribution in [0, 0.1) is 0 Å². The van der Waals surface area contributed by atoms with Crippen LogP contribution >= 0.6 is 11.6 Å². The third-order valence-corrected chi connectivity index (χ3v) is 3.81. The molecule has 106 valence electrons. The summed E-state index contributed by atoms with van der Waals surface area (Å²) >= 11 is 5.83. The van der Waals surface area contributed by atoms with Crippen LogP contribution in [0.3, 0.4) is 0 Å². The second-order valence-corrected chi connectivity index (χ2v) is 5.52. The van der Waals surface area contributed by atoms with Gasteiger partial charge in [-0.2, -0.15) is 0 Å². The Morgan fingerprint density at radius 1 is 1.35 bits per heavy atom. The summed E-state index contributed by atoms with van der Waals surface area (Å²) in [5, 5.41) is 11.0. The van der Waals surface area contributed by atoms with Gasteiger partial charge in [-0.3, -0.25) is 9.59 Å². The highest BCUT2D eigenvalue weighted by molar-refractivity contribution is 6.30. The van der Waals surface area contributed by atoms with Crippen LogP contribution in [0.4, 0.5) is 0 Å². The largest absolute Gasteiger partial charge is 0.364 e. The van der Waals surface area contributed by atoms with Gasteiger partial charge in [0.1, 0.15) is 0 Å². The van der Waals surface area contributed by atoms with Crippen LogP contribution < -0.4 is 0 Å². The summed E-state index contributed by atoms with van der Waals surface area (Å²) in [6.07, 6.45) is 0. The van der Waals surface area contributed by atoms with Gasteiger partial charge < -0.3 is 10.0 Å². The Morgan fingerprint density at radius 2 is 1.90 bits per heavy atom. The summed E-state index contributed by atoms with van der Waals surface area (Å²) in [5.41, 5.74) is -0.219. The van der Waals surface area contributed by atoms with E-state index in [9.17, 15) is 14.7 Å². The van der Waals surface area contributed by atoms with Crippen LogP contribution in [-0.2, 0) is 16.1 Å². The first kappa shape index (κ1) is 14.8. The number of carbonyl (C=O) groups excluding carboxylic acids is 2. The summed E-state index contributed by atoms with van der Waals surface area (Å²) in [5.74, 6) is -0.872. The van der Waals surface area contributed by atoms with Crippen molar-refractivity contribution in [3.63, 3.8) is 0 Å². The molecule has 0 saturated carbocycles. The normalized spacial score (nSPS) is 22.6. The zero-order chi connectivity index (χ0) is 15.1. The number of halogens is 1. The van der Waals surface area contributed by atoms with Crippen molar-refractivity contribution in [1.29, 1.82) is 0 Å². The molecular weight excluding hydrogens is 278 g/mol. The van der Waals surface area contributed by atoms with Gasteiger partial charge in [-0.15, -0.1) is 0 Å². The van der Waals surface area contributed by atoms with Gasteiger partial charge in [0.05, 0.1) is 5.57 Å². The molecule has 1 atom stereocenters. The number of hydrogen-bond donors (Lipinski definition) is 1. The highest BCUT2D eigenvalue weighted by Gasteiger charge is 2.47. The van der Waals surface area contributed by atoms with Gasteiger partial charge >= 0.3 is 0 Å². The van der Waals surface area contributed by atoms with Crippen molar-refractivity contribution in [2.75, 3.05) is 0 Å². The molecule has 1 aromatic carbocycles. The summed E-state index contributed by atoms with van der Waals surface area (Å²) in [7, 11) is 0. The monoisotopic (exact) mass is 293 g/mol. The molecule has 0 amide bonds. The molecule has 0 unspecified atom stereocenters. The molecular formula is C15H16ClNO3. The molecule has 0 bridgehead atoms. The van der Waals surface area contributed by atoms with E-state index < -0.39 is 11.5 Å². The SMILES string of the molecule is CC(=O)C1=C(C)N(Cc2ccc(Cl)cc2)[C@](C)(O)C1=O. The minimum Gasteiger partial charge on any atom is -0.364 e. The number of ketones is 2. The summed E-state index contributed by atoms with van der Waals surface area (Å²) in [6, 6.07) is 7.13. The number of carbonyl (C=O) groups is 2. The lowest BCUT2D eigenvalue weighted by molar-refractivity contribution is -0.145. The lowest BCUT2D eigenvalue weighted by Crippen LogP contribution is -2.46. The van der Waals surface area contributed by atoms with E-state index in [1.165, 1.54) is 18.7 Å².